The van der Waals surface area contributed by atoms with Gasteiger partial charge >= 0.3 is 5.97 Å². The Bertz CT molecular complexity index is 3830. The topological polar surface area (TPSA) is 159 Å². The number of para-hydroxylation sites is 2. The van der Waals surface area contributed by atoms with Crippen LogP contribution < -0.4 is 0 Å². The van der Waals surface area contributed by atoms with Crippen LogP contribution in [0.2, 0.25) is 0 Å². The first-order chi connectivity index (χ1) is 40.2. The van der Waals surface area contributed by atoms with Crippen molar-refractivity contribution in [1.29, 1.82) is 0 Å². The van der Waals surface area contributed by atoms with Gasteiger partial charge in [0.1, 0.15) is 5.69 Å². The molecule has 0 aliphatic carbocycles. The third-order valence-electron chi connectivity index (χ3n) is 13.6. The number of aromatic carboxylic acids is 1. The van der Waals surface area contributed by atoms with Crippen LogP contribution in [0.3, 0.4) is 0 Å². The van der Waals surface area contributed by atoms with Crippen LogP contribution in [-0.2, 0) is 87.1 Å². The molecule has 0 saturated carbocycles. The molecule has 0 saturated heterocycles. The first-order valence-electron chi connectivity index (χ1n) is 27.4. The fourth-order valence-corrected chi connectivity index (χ4v) is 8.68. The number of allylic oxidation sites excluding steroid dienone is 2. The van der Waals surface area contributed by atoms with Crippen molar-refractivity contribution >= 4 is 11.8 Å². The Hall–Kier alpha value is -7.33. The number of aliphatic hydroxyl groups excluding tert-OH is 1. The summed E-state index contributed by atoms with van der Waals surface area (Å²) >= 11 is 0. The number of carbonyl (C=O) groups excluding carboxylic acids is 1. The summed E-state index contributed by atoms with van der Waals surface area (Å²) in [6.45, 7) is 27.8. The number of carbonyl (C=O) groups is 2. The number of rotatable bonds is 8. The summed E-state index contributed by atoms with van der Waals surface area (Å²) in [6.07, 6.45) is 2.61. The Labute approximate surface area is 574 Å². The Morgan fingerprint density at radius 3 is 1.18 bits per heavy atom. The van der Waals surface area contributed by atoms with Crippen LogP contribution in [0.15, 0.2) is 182 Å². The largest absolute Gasteiger partial charge is 0.512 e. The molecule has 6 aromatic carbocycles. The van der Waals surface area contributed by atoms with E-state index in [0.29, 0.717) is 0 Å². The molecule has 0 bridgehead atoms. The zero-order valence-electron chi connectivity index (χ0n) is 51.8. The van der Waals surface area contributed by atoms with Crippen molar-refractivity contribution in [1.82, 2.24) is 44.1 Å². The second-order valence-corrected chi connectivity index (χ2v) is 20.0. The number of carboxylic acid groups (broad SMARTS) is 1. The molecule has 5 heterocycles. The van der Waals surface area contributed by atoms with E-state index in [0.717, 1.165) is 62.5 Å². The number of pyridine rings is 1. The van der Waals surface area contributed by atoms with E-state index >= 15 is 0 Å². The van der Waals surface area contributed by atoms with Gasteiger partial charge in [-0.1, -0.05) is 80.6 Å². The van der Waals surface area contributed by atoms with E-state index in [-0.39, 0.29) is 99.6 Å². The third kappa shape index (κ3) is 21.5. The number of nitrogens with zero attached hydrogens (tertiary/aromatic N) is 9. The number of hydrogen-bond donors (Lipinski definition) is 2. The van der Waals surface area contributed by atoms with Gasteiger partial charge in [-0.2, -0.15) is 116 Å². The number of aromatic nitrogens is 9. The molecule has 5 aromatic heterocycles. The summed E-state index contributed by atoms with van der Waals surface area (Å²) in [7, 11) is 0. The summed E-state index contributed by atoms with van der Waals surface area (Å²) in [5, 5.41) is 35.1. The van der Waals surface area contributed by atoms with Crippen molar-refractivity contribution in [3.05, 3.63) is 279 Å². The molecular weight excluding hydrogens is 1820 g/mol. The van der Waals surface area contributed by atoms with E-state index in [1.54, 1.807) is 12.1 Å². The third-order valence-corrected chi connectivity index (χ3v) is 13.6. The molecule has 13 nitrogen and oxygen atoms in total. The summed E-state index contributed by atoms with van der Waals surface area (Å²) in [5.74, 6) is -1.05. The number of benzene rings is 6. The van der Waals surface area contributed by atoms with Crippen molar-refractivity contribution < 1.29 is 102 Å². The summed E-state index contributed by atoms with van der Waals surface area (Å²) in [4.78, 5) is 23.7. The van der Waals surface area contributed by atoms with E-state index < -0.39 is 5.97 Å². The smallest absolute Gasteiger partial charge is 0.354 e. The molecule has 2 N–H and O–H groups in total. The molecule has 0 aliphatic rings. The predicted molar refractivity (Wildman–Crippen MR) is 336 cm³/mol. The molecule has 0 spiro atoms. The van der Waals surface area contributed by atoms with Gasteiger partial charge < -0.3 is 10.2 Å². The Morgan fingerprint density at radius 1 is 0.432 bits per heavy atom. The zero-order chi connectivity index (χ0) is 61.0. The second kappa shape index (κ2) is 37.5. The maximum atomic E-state index is 10.1. The number of aryl methyl sites for hydroxylation is 5. The maximum absolute atomic E-state index is 10.1. The Morgan fingerprint density at radius 2 is 0.830 bits per heavy atom. The molecule has 0 unspecified atom stereocenters. The van der Waals surface area contributed by atoms with Crippen molar-refractivity contribution in [2.45, 2.75) is 96.9 Å². The van der Waals surface area contributed by atoms with E-state index in [9.17, 15) is 9.59 Å². The minimum Gasteiger partial charge on any atom is -0.512 e. The average Bonchev–Trinajstić information content (AvgIpc) is 2.31. The van der Waals surface area contributed by atoms with Crippen LogP contribution in [0.1, 0.15) is 92.0 Å². The van der Waals surface area contributed by atoms with E-state index in [1.807, 2.05) is 130 Å². The van der Waals surface area contributed by atoms with Crippen molar-refractivity contribution in [3.8, 4) is 45.1 Å². The second-order valence-electron chi connectivity index (χ2n) is 20.0. The van der Waals surface area contributed by atoms with Crippen LogP contribution in [0.5, 0.6) is 0 Å². The van der Waals surface area contributed by atoms with Gasteiger partial charge in [0.25, 0.3) is 0 Å². The quantitative estimate of drug-likeness (QED) is 0.0858. The van der Waals surface area contributed by atoms with Gasteiger partial charge in [0.05, 0.1) is 28.5 Å². The van der Waals surface area contributed by atoms with Crippen LogP contribution >= 0.6 is 0 Å². The standard InChI is InChI=1S/2C18H17N2.2C12H13N2.C6H5NO2.C5H8O2.2Ir.2Pt/c1-13-8-7-11-17(12-13)20-15(3)18(14(2)19-20)16-9-5-4-6-10-16;1-13-8-7-11-17(12-13)20-15(3)14(2)18(19-20)16-9-5-4-6-10-16;2*1-9-10(2)13-14(11(9)3)12-7-5-4-6-8-12;8-6(9)5-3-1-2-4-7-5;1-4(6)3-5(2)7;;;;/h2*4-10,12H,1-3H3;2*4-7H,1-3H3;1-4H,(H,8,9);3,6H,1-2H3;;;;/q4*-1;;;;;;. The van der Waals surface area contributed by atoms with Gasteiger partial charge in [0.2, 0.25) is 0 Å². The van der Waals surface area contributed by atoms with Gasteiger partial charge in [-0.3, -0.25) is 23.5 Å². The molecule has 0 aliphatic heterocycles. The molecule has 11 rings (SSSR count). The van der Waals surface area contributed by atoms with E-state index in [1.165, 1.54) is 82.5 Å². The minimum atomic E-state index is -0.990. The SMILES string of the molecule is CC(=O)C=C(C)O.Cc1cc[c-]c(-n2nc(-c3ccccc3)c(C)c2C)c1.Cc1cc[c-]c(-n2nc(C)c(-c3ccccc3)c2C)c1.Cc1nn(-c2[c-]cccc2)c(C)c1C.Cc1nn(-c2[c-]cccc2)c(C)c1C.O=C(O)c1ccccn1.[Ir].[Ir].[Pt].[Pt]. The van der Waals surface area contributed by atoms with Gasteiger partial charge in [-0.25, -0.2) is 9.78 Å². The summed E-state index contributed by atoms with van der Waals surface area (Å²) < 4.78 is 7.82. The van der Waals surface area contributed by atoms with Crippen LogP contribution in [-0.4, -0.2) is 66.1 Å². The number of aliphatic hydroxyl groups is 1. The van der Waals surface area contributed by atoms with Gasteiger partial charge in [-0.05, 0) is 140 Å². The van der Waals surface area contributed by atoms with E-state index in [2.05, 4.69) is 162 Å². The van der Waals surface area contributed by atoms with Gasteiger partial charge in [0.15, 0.2) is 5.78 Å². The summed E-state index contributed by atoms with van der Waals surface area (Å²) in [5.41, 5.74) is 22.7. The van der Waals surface area contributed by atoms with Crippen LogP contribution in [0.4, 0.5) is 0 Å². The van der Waals surface area contributed by atoms with Crippen LogP contribution in [0, 0.1) is 107 Å². The number of carboxylic acids is 1. The fourth-order valence-electron chi connectivity index (χ4n) is 8.68. The maximum Gasteiger partial charge on any atom is 0.354 e. The Balaban J connectivity index is 0.000000368. The molecule has 17 heteroatoms. The minimum absolute atomic E-state index is 0. The number of hydrogen-bond acceptors (Lipinski definition) is 8. The van der Waals surface area contributed by atoms with Gasteiger partial charge in [-0.15, -0.1) is 24.3 Å². The first-order valence-corrected chi connectivity index (χ1v) is 27.4. The molecule has 11 aromatic rings. The predicted octanol–water partition coefficient (Wildman–Crippen LogP) is 15.5. The zero-order valence-corrected chi connectivity index (χ0v) is 61.1. The van der Waals surface area contributed by atoms with Crippen LogP contribution in [0.25, 0.3) is 45.1 Å². The van der Waals surface area contributed by atoms with Crippen molar-refractivity contribution in [3.63, 3.8) is 0 Å². The van der Waals surface area contributed by atoms with E-state index in [4.69, 9.17) is 15.3 Å². The molecule has 0 amide bonds. The molecule has 0 fully saturated rings. The molecule has 0 atom stereocenters. The average molecular weight is 1890 g/mol. The number of ketones is 1. The van der Waals surface area contributed by atoms with Crippen molar-refractivity contribution in [2.75, 3.05) is 0 Å². The molecule has 468 valence electrons. The molecule has 2 radical (unpaired) electrons. The Kier molecular flexibility index (Phi) is 32.7. The van der Waals surface area contributed by atoms with Crippen molar-refractivity contribution in [2.24, 2.45) is 0 Å². The van der Waals surface area contributed by atoms with Gasteiger partial charge in [0, 0.05) is 129 Å². The molecular formula is C71H73Ir2N9O4Pt2-4. The summed E-state index contributed by atoms with van der Waals surface area (Å²) in [6, 6.07) is 66.3. The normalized spacial score (nSPS) is 10.0. The first kappa shape index (κ1) is 76.8. The fraction of sp³-hybridized carbons (Fsp3) is 0.197. The monoisotopic (exact) mass is 1890 g/mol. The molecule has 88 heavy (non-hydrogen) atoms.